The lowest BCUT2D eigenvalue weighted by molar-refractivity contribution is -0.134. The lowest BCUT2D eigenvalue weighted by Gasteiger charge is -2.29. The molecule has 6 heteroatoms. The van der Waals surface area contributed by atoms with Gasteiger partial charge in [0.2, 0.25) is 5.91 Å². The van der Waals surface area contributed by atoms with E-state index < -0.39 is 5.60 Å². The van der Waals surface area contributed by atoms with Crippen LogP contribution in [0.4, 0.5) is 4.79 Å². The van der Waals surface area contributed by atoms with E-state index in [-0.39, 0.29) is 18.0 Å². The predicted octanol–water partition coefficient (Wildman–Crippen LogP) is 1.92. The van der Waals surface area contributed by atoms with Gasteiger partial charge in [-0.05, 0) is 33.6 Å². The van der Waals surface area contributed by atoms with E-state index >= 15 is 0 Å². The highest BCUT2D eigenvalue weighted by atomic mass is 32.2. The minimum Gasteiger partial charge on any atom is -0.444 e. The van der Waals surface area contributed by atoms with E-state index in [0.717, 1.165) is 31.0 Å². The largest absolute Gasteiger partial charge is 0.444 e. The molecule has 5 nitrogen and oxygen atoms in total. The molecule has 2 amide bonds. The van der Waals surface area contributed by atoms with Gasteiger partial charge in [0.1, 0.15) is 11.6 Å². The molecule has 2 fully saturated rings. The van der Waals surface area contributed by atoms with Crippen molar-refractivity contribution >= 4 is 23.8 Å². The van der Waals surface area contributed by atoms with E-state index in [9.17, 15) is 9.59 Å². The molecule has 2 saturated heterocycles. The van der Waals surface area contributed by atoms with Crippen LogP contribution in [-0.2, 0) is 9.53 Å². The van der Waals surface area contributed by atoms with Crippen LogP contribution in [0.2, 0.25) is 0 Å². The van der Waals surface area contributed by atoms with Gasteiger partial charge in [-0.15, -0.1) is 11.8 Å². The number of nitrogens with zero attached hydrogens (tertiary/aromatic N) is 2. The Kier molecular flexibility index (Phi) is 4.28. The molecule has 0 bridgehead atoms. The SMILES string of the molecule is CC(C)(C)OC(=O)N1CCC[C@H]1C(=O)N1CCSC1. The van der Waals surface area contributed by atoms with E-state index in [2.05, 4.69) is 0 Å². The molecule has 0 unspecified atom stereocenters. The van der Waals surface area contributed by atoms with Crippen molar-refractivity contribution in [3.05, 3.63) is 0 Å². The number of carbonyl (C=O) groups is 2. The molecule has 108 valence electrons. The summed E-state index contributed by atoms with van der Waals surface area (Å²) in [6.07, 6.45) is 1.26. The molecular weight excluding hydrogens is 264 g/mol. The van der Waals surface area contributed by atoms with Crippen molar-refractivity contribution in [1.82, 2.24) is 9.80 Å². The summed E-state index contributed by atoms with van der Waals surface area (Å²) in [7, 11) is 0. The Balaban J connectivity index is 2.00. The molecule has 2 aliphatic heterocycles. The Morgan fingerprint density at radius 3 is 2.58 bits per heavy atom. The second-order valence-electron chi connectivity index (χ2n) is 5.97. The summed E-state index contributed by atoms with van der Waals surface area (Å²) in [6, 6.07) is -0.325. The van der Waals surface area contributed by atoms with Crippen molar-refractivity contribution in [2.45, 2.75) is 45.3 Å². The Labute approximate surface area is 118 Å². The van der Waals surface area contributed by atoms with Crippen LogP contribution in [0, 0.1) is 0 Å². The number of amides is 2. The number of carbonyl (C=O) groups excluding carboxylic acids is 2. The van der Waals surface area contributed by atoms with E-state index in [1.54, 1.807) is 16.7 Å². The third-order valence-corrected chi connectivity index (χ3v) is 4.20. The summed E-state index contributed by atoms with van der Waals surface area (Å²) in [5, 5.41) is 0. The lowest BCUT2D eigenvalue weighted by Crippen LogP contribution is -2.48. The Morgan fingerprint density at radius 2 is 2.00 bits per heavy atom. The second kappa shape index (κ2) is 5.61. The summed E-state index contributed by atoms with van der Waals surface area (Å²) in [5.41, 5.74) is -0.517. The highest BCUT2D eigenvalue weighted by Crippen LogP contribution is 2.24. The second-order valence-corrected chi connectivity index (χ2v) is 7.05. The minimum absolute atomic E-state index is 0.0772. The van der Waals surface area contributed by atoms with Crippen LogP contribution in [0.3, 0.4) is 0 Å². The minimum atomic E-state index is -0.517. The number of rotatable bonds is 1. The van der Waals surface area contributed by atoms with Crippen LogP contribution in [0.25, 0.3) is 0 Å². The third-order valence-electron chi connectivity index (χ3n) is 3.23. The number of hydrogen-bond donors (Lipinski definition) is 0. The molecule has 0 N–H and O–H groups in total. The van der Waals surface area contributed by atoms with Crippen LogP contribution < -0.4 is 0 Å². The highest BCUT2D eigenvalue weighted by Gasteiger charge is 2.39. The van der Waals surface area contributed by atoms with Gasteiger partial charge >= 0.3 is 6.09 Å². The molecule has 0 spiro atoms. The van der Waals surface area contributed by atoms with Crippen LogP contribution in [0.1, 0.15) is 33.6 Å². The van der Waals surface area contributed by atoms with Gasteiger partial charge in [-0.3, -0.25) is 9.69 Å². The van der Waals surface area contributed by atoms with Crippen molar-refractivity contribution in [3.63, 3.8) is 0 Å². The first-order valence-corrected chi connectivity index (χ1v) is 7.90. The third kappa shape index (κ3) is 3.55. The summed E-state index contributed by atoms with van der Waals surface area (Å²) in [6.45, 7) is 6.94. The van der Waals surface area contributed by atoms with E-state index in [4.69, 9.17) is 4.74 Å². The maximum absolute atomic E-state index is 12.4. The maximum atomic E-state index is 12.4. The summed E-state index contributed by atoms with van der Waals surface area (Å²) < 4.78 is 5.38. The van der Waals surface area contributed by atoms with Gasteiger partial charge in [0.25, 0.3) is 0 Å². The zero-order valence-corrected chi connectivity index (χ0v) is 12.7. The van der Waals surface area contributed by atoms with E-state index in [1.165, 1.54) is 0 Å². The Hall–Kier alpha value is -0.910. The zero-order valence-electron chi connectivity index (χ0n) is 11.8. The summed E-state index contributed by atoms with van der Waals surface area (Å²) in [5.74, 6) is 1.82. The molecule has 0 aromatic heterocycles. The molecule has 1 atom stereocenters. The monoisotopic (exact) mass is 286 g/mol. The van der Waals surface area contributed by atoms with Gasteiger partial charge in [0.05, 0.1) is 5.88 Å². The van der Waals surface area contributed by atoms with Gasteiger partial charge in [0.15, 0.2) is 0 Å². The first-order chi connectivity index (χ1) is 8.88. The molecule has 2 rings (SSSR count). The molecule has 0 saturated carbocycles. The molecule has 2 aliphatic rings. The molecule has 0 radical (unpaired) electrons. The molecule has 0 aromatic rings. The fourth-order valence-electron chi connectivity index (χ4n) is 2.36. The highest BCUT2D eigenvalue weighted by molar-refractivity contribution is 7.99. The molecule has 19 heavy (non-hydrogen) atoms. The van der Waals surface area contributed by atoms with Crippen LogP contribution >= 0.6 is 11.8 Å². The normalized spacial score (nSPS) is 23.8. The maximum Gasteiger partial charge on any atom is 0.410 e. The van der Waals surface area contributed by atoms with E-state index in [0.29, 0.717) is 6.54 Å². The number of likely N-dealkylation sites (tertiary alicyclic amines) is 1. The summed E-state index contributed by atoms with van der Waals surface area (Å²) >= 11 is 1.76. The van der Waals surface area contributed by atoms with Crippen LogP contribution in [-0.4, -0.2) is 58.2 Å². The standard InChI is InChI=1S/C13H22N2O3S/c1-13(2,3)18-12(17)15-6-4-5-10(15)11(16)14-7-8-19-9-14/h10H,4-9H2,1-3H3/t10-/m0/s1. The van der Waals surface area contributed by atoms with Crippen molar-refractivity contribution in [3.8, 4) is 0 Å². The topological polar surface area (TPSA) is 49.9 Å². The number of ether oxygens (including phenoxy) is 1. The van der Waals surface area contributed by atoms with Crippen molar-refractivity contribution in [1.29, 1.82) is 0 Å². The van der Waals surface area contributed by atoms with Crippen molar-refractivity contribution in [2.75, 3.05) is 24.7 Å². The summed E-state index contributed by atoms with van der Waals surface area (Å²) in [4.78, 5) is 27.9. The van der Waals surface area contributed by atoms with Gasteiger partial charge in [0, 0.05) is 18.8 Å². The van der Waals surface area contributed by atoms with Gasteiger partial charge in [-0.1, -0.05) is 0 Å². The first-order valence-electron chi connectivity index (χ1n) is 6.74. The Morgan fingerprint density at radius 1 is 1.26 bits per heavy atom. The first kappa shape index (κ1) is 14.5. The van der Waals surface area contributed by atoms with Gasteiger partial charge in [-0.25, -0.2) is 4.79 Å². The van der Waals surface area contributed by atoms with Gasteiger partial charge in [-0.2, -0.15) is 0 Å². The zero-order chi connectivity index (χ0) is 14.0. The van der Waals surface area contributed by atoms with E-state index in [1.807, 2.05) is 25.7 Å². The van der Waals surface area contributed by atoms with Crippen molar-refractivity contribution < 1.29 is 14.3 Å². The number of thioether (sulfide) groups is 1. The fraction of sp³-hybridized carbons (Fsp3) is 0.846. The van der Waals surface area contributed by atoms with Gasteiger partial charge < -0.3 is 9.64 Å². The molecular formula is C13H22N2O3S. The quantitative estimate of drug-likeness (QED) is 0.739. The van der Waals surface area contributed by atoms with Crippen LogP contribution in [0.5, 0.6) is 0 Å². The Bertz CT molecular complexity index is 361. The van der Waals surface area contributed by atoms with Crippen molar-refractivity contribution in [2.24, 2.45) is 0 Å². The number of hydrogen-bond acceptors (Lipinski definition) is 4. The fourth-order valence-corrected chi connectivity index (χ4v) is 3.32. The molecule has 0 aliphatic carbocycles. The lowest BCUT2D eigenvalue weighted by atomic mass is 10.2. The average molecular weight is 286 g/mol. The van der Waals surface area contributed by atoms with Crippen LogP contribution in [0.15, 0.2) is 0 Å². The average Bonchev–Trinajstić information content (AvgIpc) is 2.97. The predicted molar refractivity (Wildman–Crippen MR) is 75.0 cm³/mol. The molecule has 2 heterocycles. The smallest absolute Gasteiger partial charge is 0.410 e. The molecule has 0 aromatic carbocycles.